The van der Waals surface area contributed by atoms with E-state index < -0.39 is 0 Å². The summed E-state index contributed by atoms with van der Waals surface area (Å²) in [5, 5.41) is 9.38. The van der Waals surface area contributed by atoms with Crippen LogP contribution in [0.5, 0.6) is 0 Å². The largest absolute Gasteiger partial charge is 0.393 e. The summed E-state index contributed by atoms with van der Waals surface area (Å²) in [6.45, 7) is 2.08. The van der Waals surface area contributed by atoms with Gasteiger partial charge in [-0.05, 0) is 25.7 Å². The van der Waals surface area contributed by atoms with Gasteiger partial charge in [0.1, 0.15) is 0 Å². The minimum absolute atomic E-state index is 0.0612. The summed E-state index contributed by atoms with van der Waals surface area (Å²) in [5.41, 5.74) is 6.04. The molecule has 0 spiro atoms. The lowest BCUT2D eigenvalue weighted by Crippen LogP contribution is -2.48. The first-order valence-corrected chi connectivity index (χ1v) is 5.45. The maximum absolute atomic E-state index is 9.38. The summed E-state index contributed by atoms with van der Waals surface area (Å²) in [4.78, 5) is 2.48. The molecule has 2 rings (SSSR count). The summed E-state index contributed by atoms with van der Waals surface area (Å²) >= 11 is 0. The Labute approximate surface area is 79.9 Å². The van der Waals surface area contributed by atoms with Crippen LogP contribution in [0.25, 0.3) is 0 Å². The number of likely N-dealkylation sites (tertiary alicyclic amines) is 1. The Hall–Kier alpha value is -0.120. The molecule has 2 atom stereocenters. The van der Waals surface area contributed by atoms with Crippen LogP contribution in [0.4, 0.5) is 0 Å². The summed E-state index contributed by atoms with van der Waals surface area (Å²) < 4.78 is 0. The summed E-state index contributed by atoms with van der Waals surface area (Å²) in [5.74, 6) is 0. The first kappa shape index (κ1) is 9.44. The smallest absolute Gasteiger partial charge is 0.0564 e. The van der Waals surface area contributed by atoms with Crippen LogP contribution in [0.3, 0.4) is 0 Å². The minimum atomic E-state index is -0.0612. The van der Waals surface area contributed by atoms with Gasteiger partial charge in [-0.3, -0.25) is 4.90 Å². The predicted molar refractivity (Wildman–Crippen MR) is 52.4 cm³/mol. The van der Waals surface area contributed by atoms with Crippen molar-refractivity contribution in [3.05, 3.63) is 0 Å². The average molecular weight is 184 g/mol. The predicted octanol–water partition coefficient (Wildman–Crippen LogP) is 0.323. The van der Waals surface area contributed by atoms with Gasteiger partial charge in [-0.15, -0.1) is 0 Å². The Bertz CT molecular complexity index is 166. The Balaban J connectivity index is 1.86. The molecule has 2 fully saturated rings. The van der Waals surface area contributed by atoms with Crippen molar-refractivity contribution in [3.8, 4) is 0 Å². The van der Waals surface area contributed by atoms with E-state index in [1.54, 1.807) is 0 Å². The minimum Gasteiger partial charge on any atom is -0.393 e. The van der Waals surface area contributed by atoms with Crippen molar-refractivity contribution in [1.82, 2.24) is 4.90 Å². The Kier molecular flexibility index (Phi) is 2.86. The number of aliphatic hydroxyl groups is 1. The van der Waals surface area contributed by atoms with Gasteiger partial charge in [0.25, 0.3) is 0 Å². The van der Waals surface area contributed by atoms with E-state index in [9.17, 15) is 5.11 Å². The monoisotopic (exact) mass is 184 g/mol. The lowest BCUT2D eigenvalue weighted by atomic mass is 10.0. The number of aliphatic hydroxyl groups excluding tert-OH is 1. The van der Waals surface area contributed by atoms with E-state index in [2.05, 4.69) is 4.90 Å². The third-order valence-corrected chi connectivity index (χ3v) is 3.50. The van der Waals surface area contributed by atoms with E-state index >= 15 is 0 Å². The van der Waals surface area contributed by atoms with Gasteiger partial charge in [0.05, 0.1) is 6.10 Å². The van der Waals surface area contributed by atoms with Crippen LogP contribution in [0.15, 0.2) is 0 Å². The number of hydrogen-bond donors (Lipinski definition) is 2. The molecule has 1 heterocycles. The Morgan fingerprint density at radius 1 is 1.08 bits per heavy atom. The van der Waals surface area contributed by atoms with Crippen molar-refractivity contribution >= 4 is 0 Å². The van der Waals surface area contributed by atoms with Crippen LogP contribution in [0.2, 0.25) is 0 Å². The second-order valence-electron chi connectivity index (χ2n) is 4.43. The zero-order valence-electron chi connectivity index (χ0n) is 8.15. The highest BCUT2D eigenvalue weighted by molar-refractivity contribution is 4.89. The fraction of sp³-hybridized carbons (Fsp3) is 1.00. The number of nitrogens with zero attached hydrogens (tertiary/aromatic N) is 1. The van der Waals surface area contributed by atoms with Gasteiger partial charge in [0.15, 0.2) is 0 Å². The quantitative estimate of drug-likeness (QED) is 0.617. The molecule has 2 aliphatic rings. The molecule has 76 valence electrons. The molecule has 1 aliphatic carbocycles. The SMILES string of the molecule is N[C@@H]1CCC[C@H]1N1CCC(O)CC1. The molecule has 13 heavy (non-hydrogen) atoms. The van der Waals surface area contributed by atoms with Crippen LogP contribution in [0, 0.1) is 0 Å². The topological polar surface area (TPSA) is 49.5 Å². The van der Waals surface area contributed by atoms with Gasteiger partial charge in [-0.25, -0.2) is 0 Å². The molecule has 1 saturated heterocycles. The molecule has 0 unspecified atom stereocenters. The van der Waals surface area contributed by atoms with E-state index in [1.807, 2.05) is 0 Å². The maximum atomic E-state index is 9.38. The molecule has 0 aromatic rings. The van der Waals surface area contributed by atoms with E-state index in [0.29, 0.717) is 12.1 Å². The molecule has 0 radical (unpaired) electrons. The molecule has 3 heteroatoms. The molecule has 1 saturated carbocycles. The molecule has 0 aromatic carbocycles. The fourth-order valence-corrected chi connectivity index (χ4v) is 2.64. The van der Waals surface area contributed by atoms with Gasteiger partial charge >= 0.3 is 0 Å². The molecule has 3 nitrogen and oxygen atoms in total. The molecule has 1 aliphatic heterocycles. The fourth-order valence-electron chi connectivity index (χ4n) is 2.64. The number of rotatable bonds is 1. The zero-order chi connectivity index (χ0) is 9.26. The van der Waals surface area contributed by atoms with Crippen LogP contribution < -0.4 is 5.73 Å². The molecule has 0 aromatic heterocycles. The van der Waals surface area contributed by atoms with Gasteiger partial charge < -0.3 is 10.8 Å². The van der Waals surface area contributed by atoms with Crippen molar-refractivity contribution < 1.29 is 5.11 Å². The highest BCUT2D eigenvalue weighted by Crippen LogP contribution is 2.25. The third-order valence-electron chi connectivity index (χ3n) is 3.50. The van der Waals surface area contributed by atoms with Gasteiger partial charge in [0.2, 0.25) is 0 Å². The lowest BCUT2D eigenvalue weighted by molar-refractivity contribution is 0.0585. The summed E-state index contributed by atoms with van der Waals surface area (Å²) in [7, 11) is 0. The summed E-state index contributed by atoms with van der Waals surface area (Å²) in [6.07, 6.45) is 5.53. The number of piperidine rings is 1. The number of hydrogen-bond acceptors (Lipinski definition) is 3. The van der Waals surface area contributed by atoms with Crippen molar-refractivity contribution in [1.29, 1.82) is 0 Å². The Morgan fingerprint density at radius 3 is 2.31 bits per heavy atom. The molecule has 3 N–H and O–H groups in total. The lowest BCUT2D eigenvalue weighted by Gasteiger charge is -2.36. The van der Waals surface area contributed by atoms with Gasteiger partial charge in [-0.1, -0.05) is 6.42 Å². The second-order valence-corrected chi connectivity index (χ2v) is 4.43. The van der Waals surface area contributed by atoms with Gasteiger partial charge in [0, 0.05) is 25.2 Å². The molecular formula is C10H20N2O. The summed E-state index contributed by atoms with van der Waals surface area (Å²) in [6, 6.07) is 0.989. The molecule has 0 bridgehead atoms. The van der Waals surface area contributed by atoms with Crippen molar-refractivity contribution in [2.45, 2.75) is 50.3 Å². The van der Waals surface area contributed by atoms with E-state index in [0.717, 1.165) is 25.9 Å². The normalized spacial score (nSPS) is 38.3. The van der Waals surface area contributed by atoms with Crippen LogP contribution in [-0.4, -0.2) is 41.3 Å². The first-order chi connectivity index (χ1) is 6.27. The average Bonchev–Trinajstić information content (AvgIpc) is 2.53. The van der Waals surface area contributed by atoms with Crippen molar-refractivity contribution in [2.24, 2.45) is 5.73 Å². The molecule has 0 amide bonds. The highest BCUT2D eigenvalue weighted by Gasteiger charge is 2.31. The first-order valence-electron chi connectivity index (χ1n) is 5.45. The van der Waals surface area contributed by atoms with E-state index in [1.165, 1.54) is 19.3 Å². The number of nitrogens with two attached hydrogens (primary N) is 1. The van der Waals surface area contributed by atoms with Gasteiger partial charge in [-0.2, -0.15) is 0 Å². The van der Waals surface area contributed by atoms with Crippen molar-refractivity contribution in [3.63, 3.8) is 0 Å². The van der Waals surface area contributed by atoms with Crippen molar-refractivity contribution in [2.75, 3.05) is 13.1 Å². The van der Waals surface area contributed by atoms with Crippen LogP contribution in [0.1, 0.15) is 32.1 Å². The zero-order valence-corrected chi connectivity index (χ0v) is 8.15. The van der Waals surface area contributed by atoms with E-state index in [-0.39, 0.29) is 6.10 Å². The highest BCUT2D eigenvalue weighted by atomic mass is 16.3. The molecular weight excluding hydrogens is 164 g/mol. The van der Waals surface area contributed by atoms with E-state index in [4.69, 9.17) is 5.73 Å². The maximum Gasteiger partial charge on any atom is 0.0564 e. The second kappa shape index (κ2) is 3.95. The Morgan fingerprint density at radius 2 is 1.77 bits per heavy atom. The standard InChI is InChI=1S/C10H20N2O/c11-9-2-1-3-10(9)12-6-4-8(13)5-7-12/h8-10,13H,1-7,11H2/t9-,10-/m1/s1. The van der Waals surface area contributed by atoms with Crippen LogP contribution in [-0.2, 0) is 0 Å². The third kappa shape index (κ3) is 2.03. The van der Waals surface area contributed by atoms with Crippen LogP contribution >= 0.6 is 0 Å².